The van der Waals surface area contributed by atoms with Crippen molar-refractivity contribution in [3.63, 3.8) is 0 Å². The molecule has 0 atom stereocenters. The number of hydrogen-bond donors (Lipinski definition) is 0. The van der Waals surface area contributed by atoms with Crippen LogP contribution in [-0.4, -0.2) is 19.1 Å². The quantitative estimate of drug-likeness (QED) is 0.180. The van der Waals surface area contributed by atoms with Crippen LogP contribution in [0, 0.1) is 0 Å². The van der Waals surface area contributed by atoms with Gasteiger partial charge < -0.3 is 13.6 Å². The van der Waals surface area contributed by atoms with Gasteiger partial charge in [-0.2, -0.15) is 0 Å². The number of hydrogen-bond acceptors (Lipinski definition) is 3. The molecule has 0 aliphatic carbocycles. The van der Waals surface area contributed by atoms with Crippen LogP contribution in [0.25, 0.3) is 121 Å². The lowest BCUT2D eigenvalue weighted by molar-refractivity contribution is 0.673. The molecule has 9 aromatic carbocycles. The SMILES string of the molecule is c1ccc(-c2nc(-c3ccc(-n4c5ccccc5c5c4ccc4c6c7oc8ccccc8c7ccc6n(-c6cccc7ccccc67)c45)cc3)nc3ccccc23)cc1. The van der Waals surface area contributed by atoms with Crippen LogP contribution in [0.4, 0.5) is 0 Å². The largest absolute Gasteiger partial charge is 0.455 e. The first kappa shape index (κ1) is 32.1. The number of aromatic nitrogens is 4. The standard InChI is InChI=1S/C54H32N4O/c1-2-14-34(15-3-1)51-40-19-6-9-21-43(40)55-54(56-51)35-25-27-36(28-26-35)57-45-22-10-7-20-41(45)49-46(57)32-30-42-50-47(31-29-39-38-18-8-11-24-48(38)59-53(39)50)58(52(42)49)44-23-12-16-33-13-4-5-17-37(33)44/h1-32H. The first-order valence-corrected chi connectivity index (χ1v) is 20.0. The second-order valence-corrected chi connectivity index (χ2v) is 15.3. The molecule has 0 amide bonds. The van der Waals surface area contributed by atoms with Crippen molar-refractivity contribution in [3.8, 4) is 34.0 Å². The van der Waals surface area contributed by atoms with Crippen molar-refractivity contribution in [2.24, 2.45) is 0 Å². The van der Waals surface area contributed by atoms with Crippen molar-refractivity contribution in [2.45, 2.75) is 0 Å². The Bertz CT molecular complexity index is 3830. The van der Waals surface area contributed by atoms with Crippen molar-refractivity contribution in [2.75, 3.05) is 0 Å². The minimum atomic E-state index is 0.703. The third-order valence-electron chi connectivity index (χ3n) is 12.1. The fourth-order valence-electron chi connectivity index (χ4n) is 9.53. The molecule has 13 aromatic rings. The molecule has 0 fully saturated rings. The maximum Gasteiger partial charge on any atom is 0.160 e. The predicted octanol–water partition coefficient (Wildman–Crippen LogP) is 14.2. The summed E-state index contributed by atoms with van der Waals surface area (Å²) in [6.45, 7) is 0. The number of nitrogens with zero attached hydrogens (tertiary/aromatic N) is 4. The van der Waals surface area contributed by atoms with Crippen LogP contribution in [0.5, 0.6) is 0 Å². The van der Waals surface area contributed by atoms with Crippen LogP contribution >= 0.6 is 0 Å². The van der Waals surface area contributed by atoms with Crippen molar-refractivity contribution < 1.29 is 4.42 Å². The van der Waals surface area contributed by atoms with E-state index in [1.54, 1.807) is 0 Å². The number of furan rings is 1. The Hall–Kier alpha value is -8.02. The van der Waals surface area contributed by atoms with Crippen molar-refractivity contribution >= 4 is 87.2 Å². The zero-order valence-electron chi connectivity index (χ0n) is 31.7. The van der Waals surface area contributed by atoms with Gasteiger partial charge in [-0.1, -0.05) is 121 Å². The lowest BCUT2D eigenvalue weighted by Crippen LogP contribution is -1.97. The Balaban J connectivity index is 1.08. The summed E-state index contributed by atoms with van der Waals surface area (Å²) >= 11 is 0. The molecule has 0 N–H and O–H groups in total. The first-order chi connectivity index (χ1) is 29.3. The molecule has 4 aromatic heterocycles. The monoisotopic (exact) mass is 752 g/mol. The van der Waals surface area contributed by atoms with E-state index in [1.165, 1.54) is 21.5 Å². The minimum Gasteiger partial charge on any atom is -0.455 e. The summed E-state index contributed by atoms with van der Waals surface area (Å²) in [5.41, 5.74) is 12.4. The molecule has 0 bridgehead atoms. The van der Waals surface area contributed by atoms with Crippen LogP contribution in [0.3, 0.4) is 0 Å². The van der Waals surface area contributed by atoms with Gasteiger partial charge in [-0.3, -0.25) is 0 Å². The minimum absolute atomic E-state index is 0.703. The third kappa shape index (κ3) is 4.61. The highest BCUT2D eigenvalue weighted by Gasteiger charge is 2.24. The molecule has 0 aliphatic rings. The highest BCUT2D eigenvalue weighted by Crippen LogP contribution is 2.46. The predicted molar refractivity (Wildman–Crippen MR) is 244 cm³/mol. The number of rotatable bonds is 4. The fraction of sp³-hybridized carbons (Fsp3) is 0. The first-order valence-electron chi connectivity index (χ1n) is 20.0. The summed E-state index contributed by atoms with van der Waals surface area (Å²) in [5.74, 6) is 0.703. The van der Waals surface area contributed by atoms with E-state index in [2.05, 4.69) is 179 Å². The smallest absolute Gasteiger partial charge is 0.160 e. The van der Waals surface area contributed by atoms with Crippen molar-refractivity contribution in [1.29, 1.82) is 0 Å². The average Bonchev–Trinajstić information content (AvgIpc) is 3.96. The third-order valence-corrected chi connectivity index (χ3v) is 12.1. The van der Waals surface area contributed by atoms with Crippen molar-refractivity contribution in [3.05, 3.63) is 194 Å². The van der Waals surface area contributed by atoms with E-state index in [1.807, 2.05) is 24.3 Å². The van der Waals surface area contributed by atoms with Gasteiger partial charge in [0, 0.05) is 54.5 Å². The van der Waals surface area contributed by atoms with Gasteiger partial charge >= 0.3 is 0 Å². The zero-order valence-corrected chi connectivity index (χ0v) is 31.7. The Kier molecular flexibility index (Phi) is 6.66. The Morgan fingerprint density at radius 2 is 1.07 bits per heavy atom. The van der Waals surface area contributed by atoms with Gasteiger partial charge in [0.25, 0.3) is 0 Å². The lowest BCUT2D eigenvalue weighted by atomic mass is 10.1. The zero-order chi connectivity index (χ0) is 38.6. The van der Waals surface area contributed by atoms with Gasteiger partial charge in [-0.25, -0.2) is 9.97 Å². The lowest BCUT2D eigenvalue weighted by Gasteiger charge is -2.13. The van der Waals surface area contributed by atoms with E-state index in [9.17, 15) is 0 Å². The van der Waals surface area contributed by atoms with Crippen LogP contribution in [0.1, 0.15) is 0 Å². The highest BCUT2D eigenvalue weighted by atomic mass is 16.3. The second-order valence-electron chi connectivity index (χ2n) is 15.3. The Morgan fingerprint density at radius 1 is 0.390 bits per heavy atom. The van der Waals surface area contributed by atoms with E-state index in [4.69, 9.17) is 14.4 Å². The number of benzene rings is 9. The molecule has 274 valence electrons. The Morgan fingerprint density at radius 3 is 1.93 bits per heavy atom. The molecule has 0 saturated carbocycles. The van der Waals surface area contributed by atoms with Crippen LogP contribution in [0.15, 0.2) is 199 Å². The van der Waals surface area contributed by atoms with Crippen LogP contribution < -0.4 is 0 Å². The molecule has 0 spiro atoms. The molecule has 0 radical (unpaired) electrons. The highest BCUT2D eigenvalue weighted by molar-refractivity contribution is 6.31. The maximum absolute atomic E-state index is 6.76. The van der Waals surface area contributed by atoms with Gasteiger partial charge in [-0.15, -0.1) is 0 Å². The molecule has 0 unspecified atom stereocenters. The van der Waals surface area contributed by atoms with E-state index < -0.39 is 0 Å². The average molecular weight is 753 g/mol. The summed E-state index contributed by atoms with van der Waals surface area (Å²) in [6.07, 6.45) is 0. The summed E-state index contributed by atoms with van der Waals surface area (Å²) in [6, 6.07) is 68.8. The van der Waals surface area contributed by atoms with Gasteiger partial charge in [0.2, 0.25) is 0 Å². The summed E-state index contributed by atoms with van der Waals surface area (Å²) < 4.78 is 11.6. The molecule has 13 rings (SSSR count). The fourth-order valence-corrected chi connectivity index (χ4v) is 9.53. The number of para-hydroxylation sites is 3. The molecule has 5 nitrogen and oxygen atoms in total. The maximum atomic E-state index is 6.76. The topological polar surface area (TPSA) is 48.8 Å². The summed E-state index contributed by atoms with van der Waals surface area (Å²) in [4.78, 5) is 10.2. The van der Waals surface area contributed by atoms with Gasteiger partial charge in [-0.05, 0) is 78.2 Å². The molecular weight excluding hydrogens is 721 g/mol. The van der Waals surface area contributed by atoms with Crippen LogP contribution in [0.2, 0.25) is 0 Å². The normalized spacial score (nSPS) is 12.1. The summed E-state index contributed by atoms with van der Waals surface area (Å²) in [5, 5.41) is 10.3. The van der Waals surface area contributed by atoms with E-state index >= 15 is 0 Å². The Labute approximate surface area is 337 Å². The molecule has 59 heavy (non-hydrogen) atoms. The van der Waals surface area contributed by atoms with Gasteiger partial charge in [0.15, 0.2) is 5.82 Å². The van der Waals surface area contributed by atoms with E-state index in [0.717, 1.165) is 93.9 Å². The van der Waals surface area contributed by atoms with Gasteiger partial charge in [0.05, 0.1) is 44.4 Å². The van der Waals surface area contributed by atoms with E-state index in [-0.39, 0.29) is 0 Å². The van der Waals surface area contributed by atoms with Crippen molar-refractivity contribution in [1.82, 2.24) is 19.1 Å². The van der Waals surface area contributed by atoms with Gasteiger partial charge in [0.1, 0.15) is 11.2 Å². The number of fused-ring (bicyclic) bond motifs is 13. The second kappa shape index (κ2) is 12.2. The molecule has 0 aliphatic heterocycles. The molecular formula is C54H32N4O. The molecule has 5 heteroatoms. The molecule has 4 heterocycles. The molecule has 0 saturated heterocycles. The summed E-state index contributed by atoms with van der Waals surface area (Å²) in [7, 11) is 0. The van der Waals surface area contributed by atoms with Crippen LogP contribution in [-0.2, 0) is 0 Å². The van der Waals surface area contributed by atoms with E-state index in [0.29, 0.717) is 5.82 Å².